The van der Waals surface area contributed by atoms with Crippen molar-refractivity contribution >= 4 is 16.5 Å². The fourth-order valence-corrected chi connectivity index (χ4v) is 2.99. The third-order valence-corrected chi connectivity index (χ3v) is 4.41. The van der Waals surface area contributed by atoms with Crippen LogP contribution in [0.25, 0.3) is 16.5 Å². The largest absolute Gasteiger partial charge is 0.508 e. The molecule has 0 saturated carbocycles. The van der Waals surface area contributed by atoms with Gasteiger partial charge in [0.2, 0.25) is 5.43 Å². The SMILES string of the molecule is Cc1ccc2cc(C(C)C)c(=O)c3o/c(=C(/O)C(C)C)cc1c2=3. The number of hydrogen-bond acceptors (Lipinski definition) is 3. The molecule has 2 aliphatic rings. The van der Waals surface area contributed by atoms with Crippen molar-refractivity contribution in [2.24, 2.45) is 5.92 Å². The maximum atomic E-state index is 12.8. The molecule has 0 saturated heterocycles. The van der Waals surface area contributed by atoms with Gasteiger partial charge in [0.25, 0.3) is 0 Å². The first-order valence-electron chi connectivity index (χ1n) is 8.04. The standard InChI is InChI=1S/C20H22O3/c1-10(2)14-8-13-7-6-12(5)15-9-16(18(21)11(3)4)23-20(17(13)15)19(14)22/h6-11,21H,1-5H3/b18-16+. The molecular formula is C20H22O3. The molecule has 0 radical (unpaired) electrons. The third-order valence-electron chi connectivity index (χ3n) is 4.41. The summed E-state index contributed by atoms with van der Waals surface area (Å²) in [5, 5.41) is 13.1. The highest BCUT2D eigenvalue weighted by Gasteiger charge is 2.14. The lowest BCUT2D eigenvalue weighted by molar-refractivity contribution is 0.399. The quantitative estimate of drug-likeness (QED) is 0.778. The lowest BCUT2D eigenvalue weighted by Gasteiger charge is -2.10. The first kappa shape index (κ1) is 15.6. The van der Waals surface area contributed by atoms with E-state index in [-0.39, 0.29) is 23.0 Å². The molecular weight excluding hydrogens is 288 g/mol. The van der Waals surface area contributed by atoms with E-state index in [0.29, 0.717) is 10.8 Å². The first-order valence-corrected chi connectivity index (χ1v) is 8.04. The zero-order valence-electron chi connectivity index (χ0n) is 14.2. The molecule has 120 valence electrons. The average molecular weight is 310 g/mol. The van der Waals surface area contributed by atoms with E-state index in [1.54, 1.807) is 0 Å². The Kier molecular flexibility index (Phi) is 3.67. The minimum absolute atomic E-state index is 0.0642. The third kappa shape index (κ3) is 2.40. The number of aliphatic hydroxyl groups excluding tert-OH is 1. The summed E-state index contributed by atoms with van der Waals surface area (Å²) < 4.78 is 5.87. The summed E-state index contributed by atoms with van der Waals surface area (Å²) in [4.78, 5) is 12.8. The van der Waals surface area contributed by atoms with Gasteiger partial charge < -0.3 is 9.52 Å². The predicted octanol–water partition coefficient (Wildman–Crippen LogP) is 3.99. The monoisotopic (exact) mass is 310 g/mol. The zero-order valence-corrected chi connectivity index (χ0v) is 14.2. The average Bonchev–Trinajstić information content (AvgIpc) is 2.51. The van der Waals surface area contributed by atoms with Crippen LogP contribution in [-0.4, -0.2) is 5.11 Å². The topological polar surface area (TPSA) is 50.4 Å². The predicted molar refractivity (Wildman–Crippen MR) is 92.7 cm³/mol. The summed E-state index contributed by atoms with van der Waals surface area (Å²) >= 11 is 0. The van der Waals surface area contributed by atoms with Crippen LogP contribution in [-0.2, 0) is 0 Å². The van der Waals surface area contributed by atoms with Gasteiger partial charge in [-0.1, -0.05) is 39.8 Å². The second-order valence-electron chi connectivity index (χ2n) is 6.82. The summed E-state index contributed by atoms with van der Waals surface area (Å²) in [6.45, 7) is 9.80. The van der Waals surface area contributed by atoms with Crippen molar-refractivity contribution in [3.8, 4) is 0 Å². The zero-order chi connectivity index (χ0) is 16.9. The molecule has 0 spiro atoms. The summed E-state index contributed by atoms with van der Waals surface area (Å²) in [7, 11) is 0. The van der Waals surface area contributed by atoms with Gasteiger partial charge in [-0.3, -0.25) is 4.79 Å². The first-order chi connectivity index (χ1) is 10.8. The van der Waals surface area contributed by atoms with E-state index < -0.39 is 0 Å². The molecule has 0 atom stereocenters. The van der Waals surface area contributed by atoms with Crippen LogP contribution in [0.2, 0.25) is 0 Å². The van der Waals surface area contributed by atoms with Crippen molar-refractivity contribution in [3.05, 3.63) is 61.7 Å². The van der Waals surface area contributed by atoms with Crippen molar-refractivity contribution in [2.75, 3.05) is 0 Å². The Morgan fingerprint density at radius 1 is 1.13 bits per heavy atom. The number of aryl methyl sites for hydroxylation is 1. The number of hydrogen-bond donors (Lipinski definition) is 1. The molecule has 3 heteroatoms. The summed E-state index contributed by atoms with van der Waals surface area (Å²) in [5.74, 6) is 0.223. The van der Waals surface area contributed by atoms with Crippen molar-refractivity contribution in [1.82, 2.24) is 0 Å². The normalized spacial score (nSPS) is 13.5. The van der Waals surface area contributed by atoms with Gasteiger partial charge in [0.15, 0.2) is 10.8 Å². The van der Waals surface area contributed by atoms with Crippen LogP contribution in [0.3, 0.4) is 0 Å². The molecule has 0 fully saturated rings. The minimum atomic E-state index is -0.0819. The van der Waals surface area contributed by atoms with E-state index in [2.05, 4.69) is 0 Å². The van der Waals surface area contributed by atoms with Crippen LogP contribution < -0.4 is 10.8 Å². The Morgan fingerprint density at radius 2 is 1.83 bits per heavy atom. The van der Waals surface area contributed by atoms with Crippen LogP contribution in [0.5, 0.6) is 0 Å². The van der Waals surface area contributed by atoms with Crippen molar-refractivity contribution in [3.63, 3.8) is 0 Å². The molecule has 3 rings (SSSR count). The Labute approximate surface area is 134 Å². The second kappa shape index (κ2) is 5.41. The molecule has 1 aliphatic heterocycles. The smallest absolute Gasteiger partial charge is 0.225 e. The Morgan fingerprint density at radius 3 is 2.43 bits per heavy atom. The van der Waals surface area contributed by atoms with Gasteiger partial charge in [0.05, 0.1) is 0 Å². The van der Waals surface area contributed by atoms with Crippen LogP contribution in [0.4, 0.5) is 0 Å². The van der Waals surface area contributed by atoms with Crippen LogP contribution >= 0.6 is 0 Å². The fourth-order valence-electron chi connectivity index (χ4n) is 2.99. The Bertz CT molecular complexity index is 1050. The Balaban J connectivity index is 2.68. The van der Waals surface area contributed by atoms with E-state index in [9.17, 15) is 9.90 Å². The minimum Gasteiger partial charge on any atom is -0.508 e. The highest BCUT2D eigenvalue weighted by atomic mass is 16.3. The molecule has 1 aliphatic carbocycles. The van der Waals surface area contributed by atoms with Crippen molar-refractivity contribution < 1.29 is 9.52 Å². The molecule has 0 unspecified atom stereocenters. The molecule has 1 aromatic carbocycles. The van der Waals surface area contributed by atoms with E-state index in [1.165, 1.54) is 0 Å². The van der Waals surface area contributed by atoms with E-state index in [4.69, 9.17) is 4.42 Å². The number of benzene rings is 1. The summed E-state index contributed by atoms with van der Waals surface area (Å²) in [5.41, 5.74) is 2.44. The fraction of sp³-hybridized carbons (Fsp3) is 0.350. The highest BCUT2D eigenvalue weighted by molar-refractivity contribution is 5.74. The van der Waals surface area contributed by atoms with Gasteiger partial charge in [0, 0.05) is 16.7 Å². The maximum Gasteiger partial charge on any atom is 0.225 e. The summed E-state index contributed by atoms with van der Waals surface area (Å²) in [6.07, 6.45) is 0. The van der Waals surface area contributed by atoms with Crippen LogP contribution in [0.1, 0.15) is 44.7 Å². The van der Waals surface area contributed by atoms with Gasteiger partial charge in [-0.25, -0.2) is 0 Å². The van der Waals surface area contributed by atoms with Crippen LogP contribution in [0.15, 0.2) is 33.5 Å². The number of aliphatic hydroxyl groups is 1. The summed E-state index contributed by atoms with van der Waals surface area (Å²) in [6, 6.07) is 7.87. The van der Waals surface area contributed by atoms with Gasteiger partial charge in [0.1, 0.15) is 5.76 Å². The molecule has 23 heavy (non-hydrogen) atoms. The van der Waals surface area contributed by atoms with Crippen molar-refractivity contribution in [2.45, 2.75) is 40.5 Å². The Hall–Kier alpha value is -2.29. The van der Waals surface area contributed by atoms with Gasteiger partial charge >= 0.3 is 0 Å². The number of rotatable bonds is 2. The maximum absolute atomic E-state index is 12.8. The molecule has 0 amide bonds. The van der Waals surface area contributed by atoms with E-state index in [0.717, 1.165) is 27.1 Å². The molecule has 1 N–H and O–H groups in total. The van der Waals surface area contributed by atoms with Gasteiger partial charge in [-0.15, -0.1) is 0 Å². The molecule has 1 aromatic rings. The molecule has 3 nitrogen and oxygen atoms in total. The van der Waals surface area contributed by atoms with Crippen LogP contribution in [0, 0.1) is 23.5 Å². The lowest BCUT2D eigenvalue weighted by atomic mass is 9.96. The van der Waals surface area contributed by atoms with Gasteiger partial charge in [-0.2, -0.15) is 0 Å². The molecule has 1 heterocycles. The molecule has 0 aromatic heterocycles. The highest BCUT2D eigenvalue weighted by Crippen LogP contribution is 2.21. The second-order valence-corrected chi connectivity index (χ2v) is 6.82. The lowest BCUT2D eigenvalue weighted by Crippen LogP contribution is -2.17. The van der Waals surface area contributed by atoms with E-state index in [1.807, 2.05) is 58.9 Å². The molecule has 0 bridgehead atoms. The van der Waals surface area contributed by atoms with E-state index >= 15 is 0 Å². The van der Waals surface area contributed by atoms with Gasteiger partial charge in [-0.05, 0) is 41.3 Å². The van der Waals surface area contributed by atoms with Crippen molar-refractivity contribution in [1.29, 1.82) is 0 Å².